The summed E-state index contributed by atoms with van der Waals surface area (Å²) in [5.74, 6) is -0.779. The zero-order valence-electron chi connectivity index (χ0n) is 15.8. The van der Waals surface area contributed by atoms with Gasteiger partial charge in [-0.2, -0.15) is 5.10 Å². The smallest absolute Gasteiger partial charge is 0.341 e. The van der Waals surface area contributed by atoms with Crippen LogP contribution in [0.15, 0.2) is 41.5 Å². The summed E-state index contributed by atoms with van der Waals surface area (Å²) in [6, 6.07) is 9.00. The Morgan fingerprint density at radius 1 is 1.21 bits per heavy atom. The van der Waals surface area contributed by atoms with E-state index in [0.29, 0.717) is 10.4 Å². The van der Waals surface area contributed by atoms with Gasteiger partial charge < -0.3 is 4.74 Å². The minimum atomic E-state index is -0.633. The molecule has 28 heavy (non-hydrogen) atoms. The largest absolute Gasteiger partial charge is 0.462 e. The fraction of sp³-hybridized carbons (Fsp3) is 0.200. The molecule has 0 radical (unpaired) electrons. The molecule has 0 saturated carbocycles. The molecular formula is C20H21N3O4S. The van der Waals surface area contributed by atoms with Crippen LogP contribution in [-0.2, 0) is 4.74 Å². The molecule has 0 aliphatic carbocycles. The first kappa shape index (κ1) is 21.0. The highest BCUT2D eigenvalue weighted by Crippen LogP contribution is 2.34. The minimum Gasteiger partial charge on any atom is -0.462 e. The molecule has 8 heteroatoms. The van der Waals surface area contributed by atoms with E-state index in [-0.39, 0.29) is 23.0 Å². The van der Waals surface area contributed by atoms with Crippen LogP contribution >= 0.6 is 11.3 Å². The lowest BCUT2D eigenvalue weighted by molar-refractivity contribution is 0.0527. The molecule has 0 aliphatic rings. The van der Waals surface area contributed by atoms with Crippen molar-refractivity contribution in [1.82, 2.24) is 5.43 Å². The van der Waals surface area contributed by atoms with Crippen molar-refractivity contribution in [3.63, 3.8) is 0 Å². The van der Waals surface area contributed by atoms with E-state index < -0.39 is 12.0 Å². The second kappa shape index (κ2) is 10.2. The van der Waals surface area contributed by atoms with Crippen molar-refractivity contribution in [2.45, 2.75) is 20.8 Å². The maximum Gasteiger partial charge on any atom is 0.341 e. The number of ether oxygens (including phenoxy) is 1. The lowest BCUT2D eigenvalue weighted by Gasteiger charge is -2.06. The second-order valence-corrected chi connectivity index (χ2v) is 6.67. The van der Waals surface area contributed by atoms with Gasteiger partial charge in [0, 0.05) is 6.21 Å². The van der Waals surface area contributed by atoms with E-state index in [1.807, 2.05) is 36.4 Å². The number of rotatable bonds is 7. The van der Waals surface area contributed by atoms with Crippen molar-refractivity contribution in [3.05, 3.63) is 58.0 Å². The average molecular weight is 399 g/mol. The number of esters is 1. The number of carbonyl (C=O) groups is 3. The van der Waals surface area contributed by atoms with Crippen LogP contribution in [0.3, 0.4) is 0 Å². The Hall–Kier alpha value is -3.26. The molecule has 0 atom stereocenters. The van der Waals surface area contributed by atoms with Gasteiger partial charge in [0.25, 0.3) is 0 Å². The fourth-order valence-corrected chi connectivity index (χ4v) is 3.46. The zero-order chi connectivity index (χ0) is 20.5. The van der Waals surface area contributed by atoms with Gasteiger partial charge in [-0.05, 0) is 38.0 Å². The number of allylic oxidation sites excluding steroid dienone is 1. The summed E-state index contributed by atoms with van der Waals surface area (Å²) in [5, 5.41) is 6.60. The third-order valence-electron chi connectivity index (χ3n) is 3.59. The monoisotopic (exact) mass is 399 g/mol. The topological polar surface area (TPSA) is 96.9 Å². The molecule has 1 aromatic heterocycles. The molecule has 0 spiro atoms. The predicted molar refractivity (Wildman–Crippen MR) is 111 cm³/mol. The highest BCUT2D eigenvalue weighted by atomic mass is 32.1. The number of benzene rings is 1. The molecule has 7 nitrogen and oxygen atoms in total. The van der Waals surface area contributed by atoms with Crippen LogP contribution in [0.2, 0.25) is 0 Å². The zero-order valence-corrected chi connectivity index (χ0v) is 16.6. The summed E-state index contributed by atoms with van der Waals surface area (Å²) in [6.07, 6.45) is 4.95. The van der Waals surface area contributed by atoms with Crippen molar-refractivity contribution < 1.29 is 19.1 Å². The van der Waals surface area contributed by atoms with Gasteiger partial charge in [0.05, 0.1) is 17.0 Å². The number of ketones is 1. The van der Waals surface area contributed by atoms with Gasteiger partial charge in [-0.1, -0.05) is 36.4 Å². The molecule has 0 fully saturated rings. The van der Waals surface area contributed by atoms with Gasteiger partial charge in [-0.15, -0.1) is 11.3 Å². The molecule has 2 N–H and O–H groups in total. The first-order valence-electron chi connectivity index (χ1n) is 8.57. The van der Waals surface area contributed by atoms with Gasteiger partial charge in [-0.25, -0.2) is 15.0 Å². The van der Waals surface area contributed by atoms with E-state index in [0.717, 1.165) is 16.9 Å². The molecule has 2 amide bonds. The van der Waals surface area contributed by atoms with Crippen LogP contribution in [0.1, 0.15) is 45.0 Å². The molecule has 0 unspecified atom stereocenters. The van der Waals surface area contributed by atoms with E-state index in [2.05, 4.69) is 15.8 Å². The van der Waals surface area contributed by atoms with Crippen LogP contribution in [0.4, 0.5) is 9.80 Å². The average Bonchev–Trinajstić information content (AvgIpc) is 2.98. The number of nitrogens with zero attached hydrogens (tertiary/aromatic N) is 1. The van der Waals surface area contributed by atoms with E-state index in [1.165, 1.54) is 13.1 Å². The Bertz CT molecular complexity index is 917. The normalized spacial score (nSPS) is 11.0. The Morgan fingerprint density at radius 2 is 1.93 bits per heavy atom. The summed E-state index contributed by atoms with van der Waals surface area (Å²) in [5.41, 5.74) is 3.98. The van der Waals surface area contributed by atoms with E-state index in [4.69, 9.17) is 4.74 Å². The van der Waals surface area contributed by atoms with Crippen molar-refractivity contribution in [2.75, 3.05) is 11.9 Å². The van der Waals surface area contributed by atoms with Crippen molar-refractivity contribution in [2.24, 2.45) is 5.10 Å². The third-order valence-corrected chi connectivity index (χ3v) is 4.90. The number of carbonyl (C=O) groups excluding carboxylic acids is 3. The number of thiophene rings is 1. The molecule has 2 rings (SSSR count). The Kier molecular flexibility index (Phi) is 7.65. The number of hydrogen-bond donors (Lipinski definition) is 2. The molecule has 1 heterocycles. The van der Waals surface area contributed by atoms with Gasteiger partial charge in [0.15, 0.2) is 5.78 Å². The number of Topliss-reactive ketones (excluding diaryl/α,β-unsaturated/α-hetero) is 1. The van der Waals surface area contributed by atoms with Gasteiger partial charge in [0.1, 0.15) is 5.00 Å². The summed E-state index contributed by atoms with van der Waals surface area (Å²) in [6.45, 7) is 4.92. The molecule has 0 aliphatic heterocycles. The minimum absolute atomic E-state index is 0.181. The van der Waals surface area contributed by atoms with E-state index in [9.17, 15) is 14.4 Å². The standard InChI is InChI=1S/C20H21N3O4S/c1-4-27-19(25)16-13(2)17(14(3)24)28-18(16)22-20(26)23-21-12-8-11-15-9-6-5-7-10-15/h5-12H,4H2,1-3H3,(H2,22,23,26)/b11-8+,21-12?. The van der Waals surface area contributed by atoms with Gasteiger partial charge in [-0.3, -0.25) is 10.1 Å². The van der Waals surface area contributed by atoms with E-state index >= 15 is 0 Å². The molecule has 146 valence electrons. The first-order chi connectivity index (χ1) is 13.4. The van der Waals surface area contributed by atoms with Crippen molar-refractivity contribution in [3.8, 4) is 0 Å². The number of amides is 2. The van der Waals surface area contributed by atoms with Gasteiger partial charge in [0.2, 0.25) is 0 Å². The Morgan fingerprint density at radius 3 is 2.57 bits per heavy atom. The van der Waals surface area contributed by atoms with Crippen molar-refractivity contribution >= 4 is 46.4 Å². The number of anilines is 1. The number of hydrazone groups is 1. The van der Waals surface area contributed by atoms with E-state index in [1.54, 1.807) is 19.9 Å². The van der Waals surface area contributed by atoms with Crippen LogP contribution in [0.25, 0.3) is 6.08 Å². The summed E-state index contributed by atoms with van der Waals surface area (Å²) in [4.78, 5) is 36.4. The lowest BCUT2D eigenvalue weighted by Crippen LogP contribution is -2.24. The van der Waals surface area contributed by atoms with Crippen LogP contribution in [-0.4, -0.2) is 30.6 Å². The van der Waals surface area contributed by atoms with Crippen LogP contribution in [0.5, 0.6) is 0 Å². The second-order valence-electron chi connectivity index (χ2n) is 5.65. The van der Waals surface area contributed by atoms with Crippen molar-refractivity contribution in [1.29, 1.82) is 0 Å². The molecule has 1 aromatic carbocycles. The quantitative estimate of drug-likeness (QED) is 0.315. The summed E-state index contributed by atoms with van der Waals surface area (Å²) in [7, 11) is 0. The fourth-order valence-electron chi connectivity index (χ4n) is 2.37. The first-order valence-corrected chi connectivity index (χ1v) is 9.38. The van der Waals surface area contributed by atoms with Crippen LogP contribution < -0.4 is 10.7 Å². The highest BCUT2D eigenvalue weighted by molar-refractivity contribution is 7.18. The Balaban J connectivity index is 2.05. The maximum atomic E-state index is 12.2. The van der Waals surface area contributed by atoms with Crippen LogP contribution in [0, 0.1) is 6.92 Å². The maximum absolute atomic E-state index is 12.2. The number of urea groups is 1. The summed E-state index contributed by atoms with van der Waals surface area (Å²) >= 11 is 1.03. The lowest BCUT2D eigenvalue weighted by atomic mass is 10.1. The number of nitrogens with one attached hydrogen (secondary N) is 2. The predicted octanol–water partition coefficient (Wildman–Crippen LogP) is 4.26. The molecule has 0 bridgehead atoms. The Labute approximate surface area is 167 Å². The summed E-state index contributed by atoms with van der Waals surface area (Å²) < 4.78 is 5.03. The molecule has 0 saturated heterocycles. The van der Waals surface area contributed by atoms with Gasteiger partial charge >= 0.3 is 12.0 Å². The highest BCUT2D eigenvalue weighted by Gasteiger charge is 2.25. The number of hydrogen-bond acceptors (Lipinski definition) is 6. The molecular weight excluding hydrogens is 378 g/mol. The SMILES string of the molecule is CCOC(=O)c1c(NC(=O)NN=C/C=C/c2ccccc2)sc(C(C)=O)c1C. The molecule has 2 aromatic rings. The third kappa shape index (κ3) is 5.62.